The van der Waals surface area contributed by atoms with Gasteiger partial charge in [0.1, 0.15) is 0 Å². The lowest BCUT2D eigenvalue weighted by Gasteiger charge is -2.25. The molecule has 0 fully saturated rings. The molecular formula is C27H34O2. The number of hydrogen-bond donors (Lipinski definition) is 0. The lowest BCUT2D eigenvalue weighted by atomic mass is 9.85. The van der Waals surface area contributed by atoms with Gasteiger partial charge in [-0.25, -0.2) is 0 Å². The third-order valence-corrected chi connectivity index (χ3v) is 4.92. The fourth-order valence-corrected chi connectivity index (χ4v) is 2.68. The topological polar surface area (TPSA) is 18.5 Å². The highest BCUT2D eigenvalue weighted by Crippen LogP contribution is 2.26. The Hall–Kier alpha value is -2.34. The van der Waals surface area contributed by atoms with E-state index in [0.717, 1.165) is 0 Å². The molecule has 0 N–H and O–H groups in total. The van der Waals surface area contributed by atoms with E-state index in [9.17, 15) is 0 Å². The minimum atomic E-state index is -0.195. The fourth-order valence-electron chi connectivity index (χ4n) is 2.68. The quantitative estimate of drug-likeness (QED) is 0.460. The van der Waals surface area contributed by atoms with Crippen LogP contribution in [0.5, 0.6) is 0 Å². The zero-order chi connectivity index (χ0) is 21.2. The van der Waals surface area contributed by atoms with Gasteiger partial charge in [-0.2, -0.15) is 0 Å². The van der Waals surface area contributed by atoms with Gasteiger partial charge in [0.25, 0.3) is 0 Å². The Morgan fingerprint density at radius 1 is 0.793 bits per heavy atom. The van der Waals surface area contributed by atoms with E-state index in [-0.39, 0.29) is 10.8 Å². The van der Waals surface area contributed by atoms with E-state index >= 15 is 0 Å². The van der Waals surface area contributed by atoms with Gasteiger partial charge in [-0.05, 0) is 38.0 Å². The van der Waals surface area contributed by atoms with Gasteiger partial charge in [0.2, 0.25) is 0 Å². The largest absolute Gasteiger partial charge is 0.376 e. The highest BCUT2D eigenvalue weighted by atomic mass is 16.5. The molecule has 0 bridgehead atoms. The molecule has 0 unspecified atom stereocenters. The summed E-state index contributed by atoms with van der Waals surface area (Å²) in [6, 6.07) is 20.5. The van der Waals surface area contributed by atoms with E-state index in [2.05, 4.69) is 70.7 Å². The van der Waals surface area contributed by atoms with Crippen LogP contribution in [0.15, 0.2) is 72.3 Å². The van der Waals surface area contributed by atoms with Crippen LogP contribution in [0.4, 0.5) is 0 Å². The Balaban J connectivity index is 1.82. The number of ether oxygens (including phenoxy) is 2. The maximum atomic E-state index is 5.94. The van der Waals surface area contributed by atoms with Gasteiger partial charge in [0.15, 0.2) is 0 Å². The minimum Gasteiger partial charge on any atom is -0.376 e. The molecule has 2 aromatic carbocycles. The lowest BCUT2D eigenvalue weighted by molar-refractivity contribution is 0.0671. The van der Waals surface area contributed by atoms with Crippen molar-refractivity contribution >= 4 is 0 Å². The van der Waals surface area contributed by atoms with E-state index in [0.29, 0.717) is 26.4 Å². The normalized spacial score (nSPS) is 12.4. The Morgan fingerprint density at radius 2 is 1.28 bits per heavy atom. The van der Waals surface area contributed by atoms with Crippen LogP contribution in [-0.4, -0.2) is 13.2 Å². The van der Waals surface area contributed by atoms with Crippen LogP contribution in [0.25, 0.3) is 0 Å². The summed E-state index contributed by atoms with van der Waals surface area (Å²) in [6.45, 7) is 13.3. The van der Waals surface area contributed by atoms with E-state index in [1.54, 1.807) is 0 Å². The van der Waals surface area contributed by atoms with Crippen molar-refractivity contribution in [3.8, 4) is 11.8 Å². The molecule has 2 nitrogen and oxygen atoms in total. The van der Waals surface area contributed by atoms with E-state index in [1.807, 2.05) is 42.5 Å². The second-order valence-electron chi connectivity index (χ2n) is 8.82. The van der Waals surface area contributed by atoms with E-state index < -0.39 is 0 Å². The summed E-state index contributed by atoms with van der Waals surface area (Å²) in [5.41, 5.74) is 3.35. The van der Waals surface area contributed by atoms with Crippen molar-refractivity contribution in [1.29, 1.82) is 0 Å². The first kappa shape index (κ1) is 22.9. The Morgan fingerprint density at radius 3 is 1.79 bits per heavy atom. The first-order valence-corrected chi connectivity index (χ1v) is 10.2. The predicted molar refractivity (Wildman–Crippen MR) is 121 cm³/mol. The molecule has 0 aromatic heterocycles. The predicted octanol–water partition coefficient (Wildman–Crippen LogP) is 6.42. The van der Waals surface area contributed by atoms with E-state index in [4.69, 9.17) is 9.47 Å². The number of rotatable bonds is 9. The summed E-state index contributed by atoms with van der Waals surface area (Å²) in [5, 5.41) is 0. The van der Waals surface area contributed by atoms with Crippen LogP contribution in [0.2, 0.25) is 0 Å². The minimum absolute atomic E-state index is 0.0581. The molecule has 2 aromatic rings. The molecule has 0 aliphatic heterocycles. The second kappa shape index (κ2) is 11.0. The van der Waals surface area contributed by atoms with Crippen LogP contribution in [0, 0.1) is 22.7 Å². The standard InChI is InChI=1S/C27H34O2/c1-23(27(4,5)22-29-20-25-16-10-7-11-17-25)13-12-18-26(2,3)21-28-19-24-14-8-6-9-15-24/h6-11,13-17H,19-22H2,1-5H3/b23-13+. The van der Waals surface area contributed by atoms with Crippen molar-refractivity contribution < 1.29 is 9.47 Å². The molecular weight excluding hydrogens is 356 g/mol. The number of allylic oxidation sites excluding steroid dienone is 1. The van der Waals surface area contributed by atoms with Crippen molar-refractivity contribution in [3.05, 3.63) is 83.4 Å². The summed E-state index contributed by atoms with van der Waals surface area (Å²) in [5.74, 6) is 6.58. The lowest BCUT2D eigenvalue weighted by Crippen LogP contribution is -2.21. The third kappa shape index (κ3) is 8.69. The second-order valence-corrected chi connectivity index (χ2v) is 8.82. The van der Waals surface area contributed by atoms with Gasteiger partial charge >= 0.3 is 0 Å². The maximum absolute atomic E-state index is 5.94. The molecule has 0 atom stereocenters. The van der Waals surface area contributed by atoms with Gasteiger partial charge in [0, 0.05) is 10.8 Å². The van der Waals surface area contributed by atoms with Crippen molar-refractivity contribution in [2.75, 3.05) is 13.2 Å². The third-order valence-electron chi connectivity index (χ3n) is 4.92. The zero-order valence-corrected chi connectivity index (χ0v) is 18.5. The number of benzene rings is 2. The Labute approximate surface area is 176 Å². The highest BCUT2D eigenvalue weighted by molar-refractivity contribution is 5.26. The molecule has 2 rings (SSSR count). The van der Waals surface area contributed by atoms with Crippen LogP contribution < -0.4 is 0 Å². The SMILES string of the molecule is C/C(=C\C#CC(C)(C)COCc1ccccc1)C(C)(C)COCc1ccccc1. The zero-order valence-electron chi connectivity index (χ0n) is 18.5. The molecule has 0 saturated carbocycles. The van der Waals surface area contributed by atoms with Crippen LogP contribution >= 0.6 is 0 Å². The summed E-state index contributed by atoms with van der Waals surface area (Å²) in [4.78, 5) is 0. The average molecular weight is 391 g/mol. The summed E-state index contributed by atoms with van der Waals surface area (Å²) in [7, 11) is 0. The van der Waals surface area contributed by atoms with E-state index in [1.165, 1.54) is 16.7 Å². The average Bonchev–Trinajstić information content (AvgIpc) is 2.69. The number of hydrogen-bond acceptors (Lipinski definition) is 2. The smallest absolute Gasteiger partial charge is 0.0717 e. The maximum Gasteiger partial charge on any atom is 0.0717 e. The molecule has 0 saturated heterocycles. The molecule has 2 heteroatoms. The van der Waals surface area contributed by atoms with Crippen LogP contribution in [-0.2, 0) is 22.7 Å². The van der Waals surface area contributed by atoms with Gasteiger partial charge in [-0.15, -0.1) is 0 Å². The first-order chi connectivity index (χ1) is 13.8. The molecule has 0 spiro atoms. The molecule has 154 valence electrons. The molecule has 0 amide bonds. The summed E-state index contributed by atoms with van der Waals surface area (Å²) in [6.07, 6.45) is 2.02. The summed E-state index contributed by atoms with van der Waals surface area (Å²) >= 11 is 0. The van der Waals surface area contributed by atoms with Crippen molar-refractivity contribution in [2.24, 2.45) is 10.8 Å². The molecule has 0 heterocycles. The molecule has 0 radical (unpaired) electrons. The highest BCUT2D eigenvalue weighted by Gasteiger charge is 2.20. The van der Waals surface area contributed by atoms with Gasteiger partial charge in [0.05, 0.1) is 26.4 Å². The van der Waals surface area contributed by atoms with Crippen LogP contribution in [0.3, 0.4) is 0 Å². The molecule has 29 heavy (non-hydrogen) atoms. The van der Waals surface area contributed by atoms with Crippen LogP contribution in [0.1, 0.15) is 45.7 Å². The van der Waals surface area contributed by atoms with Gasteiger partial charge < -0.3 is 9.47 Å². The Bertz CT molecular complexity index is 821. The van der Waals surface area contributed by atoms with Crippen molar-refractivity contribution in [3.63, 3.8) is 0 Å². The summed E-state index contributed by atoms with van der Waals surface area (Å²) < 4.78 is 11.8. The van der Waals surface area contributed by atoms with Crippen molar-refractivity contribution in [2.45, 2.75) is 47.8 Å². The molecule has 0 aliphatic rings. The fraction of sp³-hybridized carbons (Fsp3) is 0.407. The monoisotopic (exact) mass is 390 g/mol. The van der Waals surface area contributed by atoms with Gasteiger partial charge in [-0.3, -0.25) is 0 Å². The molecule has 0 aliphatic carbocycles. The Kier molecular flexibility index (Phi) is 8.70. The first-order valence-electron chi connectivity index (χ1n) is 10.2. The van der Waals surface area contributed by atoms with Crippen molar-refractivity contribution in [1.82, 2.24) is 0 Å². The van der Waals surface area contributed by atoms with Gasteiger partial charge in [-0.1, -0.05) is 91.9 Å².